The second kappa shape index (κ2) is 11.8. The monoisotopic (exact) mass is 510 g/mol. The zero-order chi connectivity index (χ0) is 26.5. The van der Waals surface area contributed by atoms with E-state index in [9.17, 15) is 4.79 Å². The van der Waals surface area contributed by atoms with Gasteiger partial charge >= 0.3 is 0 Å². The Morgan fingerprint density at radius 2 is 1.68 bits per heavy atom. The van der Waals surface area contributed by atoms with Gasteiger partial charge in [0.15, 0.2) is 0 Å². The molecule has 38 heavy (non-hydrogen) atoms. The second-order valence-corrected chi connectivity index (χ2v) is 10.8. The van der Waals surface area contributed by atoms with Gasteiger partial charge in [0.1, 0.15) is 23.2 Å². The first-order chi connectivity index (χ1) is 18.5. The van der Waals surface area contributed by atoms with Crippen LogP contribution in [0.1, 0.15) is 60.5 Å². The predicted molar refractivity (Wildman–Crippen MR) is 153 cm³/mol. The summed E-state index contributed by atoms with van der Waals surface area (Å²) in [4.78, 5) is 24.6. The van der Waals surface area contributed by atoms with E-state index in [-0.39, 0.29) is 5.91 Å². The molecular formula is C32H38N4O2. The summed E-state index contributed by atoms with van der Waals surface area (Å²) < 4.78 is 5.86. The molecule has 0 radical (unpaired) electrons. The molecule has 1 aliphatic rings. The minimum Gasteiger partial charge on any atom is -0.461 e. The molecule has 1 amide bonds. The van der Waals surface area contributed by atoms with E-state index in [0.717, 1.165) is 59.2 Å². The van der Waals surface area contributed by atoms with Crippen LogP contribution in [0.2, 0.25) is 0 Å². The first kappa shape index (κ1) is 26.0. The van der Waals surface area contributed by atoms with Crippen LogP contribution in [0.5, 0.6) is 0 Å². The molecular weight excluding hydrogens is 472 g/mol. The number of para-hydroxylation sites is 1. The maximum Gasteiger partial charge on any atom is 0.254 e. The third-order valence-electron chi connectivity index (χ3n) is 7.80. The number of benzene rings is 2. The van der Waals surface area contributed by atoms with Crippen LogP contribution in [0.4, 0.5) is 5.82 Å². The van der Waals surface area contributed by atoms with Gasteiger partial charge in [0, 0.05) is 38.0 Å². The highest BCUT2D eigenvalue weighted by Gasteiger charge is 2.23. The standard InChI is InChI=1S/C32H38N4O2/c1-22-27(20-29(38-22)25-11-5-4-6-12-25)32(37)33-21-24-18-16-23(17-19-24)10-9-15-30-34-28-14-8-7-13-26(28)31(35-30)36(2)3/h4-8,11-14,20,23-24H,9-10,15-19,21H2,1-3H3,(H,33,37). The zero-order valence-electron chi connectivity index (χ0n) is 22.7. The van der Waals surface area contributed by atoms with Crippen molar-refractivity contribution in [2.75, 3.05) is 25.5 Å². The number of carbonyl (C=O) groups is 1. The highest BCUT2D eigenvalue weighted by Crippen LogP contribution is 2.32. The van der Waals surface area contributed by atoms with Crippen LogP contribution >= 0.6 is 0 Å². The number of amides is 1. The summed E-state index contributed by atoms with van der Waals surface area (Å²) in [6.45, 7) is 2.59. The lowest BCUT2D eigenvalue weighted by Gasteiger charge is -2.28. The number of hydrogen-bond donors (Lipinski definition) is 1. The van der Waals surface area contributed by atoms with Gasteiger partial charge in [-0.3, -0.25) is 4.79 Å². The molecule has 0 atom stereocenters. The fourth-order valence-corrected chi connectivity index (χ4v) is 5.62. The maximum atomic E-state index is 12.9. The number of fused-ring (bicyclic) bond motifs is 1. The molecule has 4 aromatic rings. The molecule has 1 N–H and O–H groups in total. The Balaban J connectivity index is 1.07. The number of carbonyl (C=O) groups excluding carboxylic acids is 1. The number of aryl methyl sites for hydroxylation is 2. The lowest BCUT2D eigenvalue weighted by molar-refractivity contribution is 0.0939. The summed E-state index contributed by atoms with van der Waals surface area (Å²) in [6.07, 6.45) is 8.03. The van der Waals surface area contributed by atoms with Gasteiger partial charge in [-0.25, -0.2) is 9.97 Å². The lowest BCUT2D eigenvalue weighted by Crippen LogP contribution is -2.31. The zero-order valence-corrected chi connectivity index (χ0v) is 22.7. The van der Waals surface area contributed by atoms with Crippen LogP contribution in [0.3, 0.4) is 0 Å². The highest BCUT2D eigenvalue weighted by molar-refractivity contribution is 5.96. The van der Waals surface area contributed by atoms with Crippen LogP contribution < -0.4 is 10.2 Å². The molecule has 0 bridgehead atoms. The van der Waals surface area contributed by atoms with Crippen molar-refractivity contribution in [3.8, 4) is 11.3 Å². The van der Waals surface area contributed by atoms with E-state index in [4.69, 9.17) is 14.4 Å². The van der Waals surface area contributed by atoms with E-state index in [1.165, 1.54) is 32.1 Å². The smallest absolute Gasteiger partial charge is 0.254 e. The van der Waals surface area contributed by atoms with Gasteiger partial charge in [-0.15, -0.1) is 0 Å². The van der Waals surface area contributed by atoms with Crippen LogP contribution in [0.25, 0.3) is 22.2 Å². The Morgan fingerprint density at radius 3 is 2.45 bits per heavy atom. The first-order valence-corrected chi connectivity index (χ1v) is 13.8. The molecule has 1 saturated carbocycles. The number of nitrogens with one attached hydrogen (secondary N) is 1. The Hall–Kier alpha value is -3.67. The third-order valence-corrected chi connectivity index (χ3v) is 7.80. The molecule has 6 heteroatoms. The van der Waals surface area contributed by atoms with Gasteiger partial charge in [-0.05, 0) is 56.2 Å². The average Bonchev–Trinajstić information content (AvgIpc) is 3.34. The van der Waals surface area contributed by atoms with Crippen molar-refractivity contribution in [2.24, 2.45) is 11.8 Å². The van der Waals surface area contributed by atoms with Crippen molar-refractivity contribution in [2.45, 2.75) is 51.9 Å². The summed E-state index contributed by atoms with van der Waals surface area (Å²) in [6, 6.07) is 20.0. The normalized spacial score (nSPS) is 17.4. The van der Waals surface area contributed by atoms with Crippen molar-refractivity contribution >= 4 is 22.6 Å². The average molecular weight is 511 g/mol. The third kappa shape index (κ3) is 6.07. The molecule has 2 heterocycles. The van der Waals surface area contributed by atoms with E-state index in [1.807, 2.05) is 69.6 Å². The van der Waals surface area contributed by atoms with E-state index in [0.29, 0.717) is 17.2 Å². The van der Waals surface area contributed by atoms with Crippen LogP contribution in [-0.4, -0.2) is 36.5 Å². The Kier molecular flexibility index (Phi) is 8.06. The summed E-state index contributed by atoms with van der Waals surface area (Å²) in [5.41, 5.74) is 2.63. The molecule has 0 aliphatic heterocycles. The number of furan rings is 1. The number of aromatic nitrogens is 2. The van der Waals surface area contributed by atoms with Crippen LogP contribution in [-0.2, 0) is 6.42 Å². The molecule has 6 nitrogen and oxygen atoms in total. The topological polar surface area (TPSA) is 71.3 Å². The molecule has 1 aliphatic carbocycles. The molecule has 1 fully saturated rings. The molecule has 0 spiro atoms. The minimum atomic E-state index is -0.0389. The first-order valence-electron chi connectivity index (χ1n) is 13.8. The van der Waals surface area contributed by atoms with Crippen molar-refractivity contribution in [1.82, 2.24) is 15.3 Å². The summed E-state index contributed by atoms with van der Waals surface area (Å²) in [5.74, 6) is 4.59. The summed E-state index contributed by atoms with van der Waals surface area (Å²) in [5, 5.41) is 4.27. The highest BCUT2D eigenvalue weighted by atomic mass is 16.3. The van der Waals surface area contributed by atoms with Crippen molar-refractivity contribution < 1.29 is 9.21 Å². The predicted octanol–water partition coefficient (Wildman–Crippen LogP) is 6.82. The molecule has 2 aromatic carbocycles. The number of anilines is 1. The van der Waals surface area contributed by atoms with E-state index in [1.54, 1.807) is 0 Å². The molecule has 2 aromatic heterocycles. The van der Waals surface area contributed by atoms with Gasteiger partial charge in [0.25, 0.3) is 5.91 Å². The van der Waals surface area contributed by atoms with Crippen LogP contribution in [0.15, 0.2) is 65.1 Å². The Labute approximate surface area is 225 Å². The number of rotatable bonds is 9. The van der Waals surface area contributed by atoms with Gasteiger partial charge in [-0.1, -0.05) is 61.7 Å². The maximum absolute atomic E-state index is 12.9. The molecule has 198 valence electrons. The fourth-order valence-electron chi connectivity index (χ4n) is 5.62. The number of hydrogen-bond acceptors (Lipinski definition) is 5. The minimum absolute atomic E-state index is 0.0389. The second-order valence-electron chi connectivity index (χ2n) is 10.8. The molecule has 0 unspecified atom stereocenters. The summed E-state index contributed by atoms with van der Waals surface area (Å²) in [7, 11) is 4.08. The van der Waals surface area contributed by atoms with Crippen molar-refractivity contribution in [1.29, 1.82) is 0 Å². The van der Waals surface area contributed by atoms with Gasteiger partial charge in [0.05, 0.1) is 11.1 Å². The Bertz CT molecular complexity index is 1370. The number of nitrogens with zero attached hydrogens (tertiary/aromatic N) is 3. The fraction of sp³-hybridized carbons (Fsp3) is 0.406. The van der Waals surface area contributed by atoms with Crippen molar-refractivity contribution in [3.05, 3.63) is 77.8 Å². The van der Waals surface area contributed by atoms with E-state index < -0.39 is 0 Å². The largest absolute Gasteiger partial charge is 0.461 e. The SMILES string of the molecule is Cc1oc(-c2ccccc2)cc1C(=O)NCC1CCC(CCCc2nc(N(C)C)c3ccccc3n2)CC1. The van der Waals surface area contributed by atoms with Gasteiger partial charge in [-0.2, -0.15) is 0 Å². The lowest BCUT2D eigenvalue weighted by atomic mass is 9.80. The van der Waals surface area contributed by atoms with Crippen molar-refractivity contribution in [3.63, 3.8) is 0 Å². The van der Waals surface area contributed by atoms with E-state index in [2.05, 4.69) is 22.3 Å². The van der Waals surface area contributed by atoms with Crippen LogP contribution in [0, 0.1) is 18.8 Å². The van der Waals surface area contributed by atoms with Gasteiger partial charge < -0.3 is 14.6 Å². The quantitative estimate of drug-likeness (QED) is 0.267. The van der Waals surface area contributed by atoms with Gasteiger partial charge in [0.2, 0.25) is 0 Å². The molecule has 5 rings (SSSR count). The molecule has 0 saturated heterocycles. The summed E-state index contributed by atoms with van der Waals surface area (Å²) >= 11 is 0. The van der Waals surface area contributed by atoms with E-state index >= 15 is 0 Å². The Morgan fingerprint density at radius 1 is 0.974 bits per heavy atom.